The minimum absolute atomic E-state index is 0.420. The van der Waals surface area contributed by atoms with Crippen LogP contribution in [0, 0.1) is 0 Å². The fraction of sp³-hybridized carbons (Fsp3) is 0.133. The van der Waals surface area contributed by atoms with Crippen molar-refractivity contribution in [3.05, 3.63) is 46.7 Å². The molecule has 6 nitrogen and oxygen atoms in total. The summed E-state index contributed by atoms with van der Waals surface area (Å²) in [6.45, 7) is 1.75. The van der Waals surface area contributed by atoms with Crippen molar-refractivity contribution in [2.45, 2.75) is 6.92 Å². The van der Waals surface area contributed by atoms with Crippen LogP contribution in [0.1, 0.15) is 11.8 Å². The van der Waals surface area contributed by atoms with E-state index in [-0.39, 0.29) is 0 Å². The highest BCUT2D eigenvalue weighted by atomic mass is 32.1. The van der Waals surface area contributed by atoms with Crippen LogP contribution < -0.4 is 15.5 Å². The van der Waals surface area contributed by atoms with Crippen molar-refractivity contribution < 1.29 is 14.3 Å². The Balaban J connectivity index is 1.98. The van der Waals surface area contributed by atoms with E-state index in [0.29, 0.717) is 17.1 Å². The Morgan fingerprint density at radius 3 is 2.59 bits per heavy atom. The third-order valence-corrected chi connectivity index (χ3v) is 3.74. The topological polar surface area (TPSA) is 79.8 Å². The molecule has 0 fully saturated rings. The number of hydrogen-bond acceptors (Lipinski definition) is 5. The number of nitrogens with one attached hydrogen (secondary N) is 2. The van der Waals surface area contributed by atoms with Gasteiger partial charge in [0.2, 0.25) is 0 Å². The van der Waals surface area contributed by atoms with Gasteiger partial charge in [0.1, 0.15) is 5.75 Å². The maximum Gasteiger partial charge on any atom is 0.329 e. The molecule has 1 aromatic carbocycles. The van der Waals surface area contributed by atoms with E-state index in [1.165, 1.54) is 18.4 Å². The second-order valence-electron chi connectivity index (χ2n) is 4.27. The molecule has 1 aromatic heterocycles. The second kappa shape index (κ2) is 7.37. The molecule has 0 bridgehead atoms. The van der Waals surface area contributed by atoms with Gasteiger partial charge < -0.3 is 10.1 Å². The number of nitrogens with zero attached hydrogens (tertiary/aromatic N) is 1. The molecule has 0 radical (unpaired) electrons. The van der Waals surface area contributed by atoms with Crippen molar-refractivity contribution in [2.24, 2.45) is 5.10 Å². The van der Waals surface area contributed by atoms with Gasteiger partial charge in [0.05, 0.1) is 18.5 Å². The van der Waals surface area contributed by atoms with Crippen LogP contribution in [0.2, 0.25) is 0 Å². The number of carbonyl (C=O) groups is 2. The fourth-order valence-electron chi connectivity index (χ4n) is 1.65. The van der Waals surface area contributed by atoms with E-state index in [1.54, 1.807) is 31.2 Å². The maximum absolute atomic E-state index is 11.8. The fourth-order valence-corrected chi connectivity index (χ4v) is 2.33. The van der Waals surface area contributed by atoms with Crippen LogP contribution in [-0.4, -0.2) is 24.6 Å². The molecule has 0 saturated heterocycles. The van der Waals surface area contributed by atoms with Crippen LogP contribution in [0.4, 0.5) is 5.69 Å². The normalized spacial score (nSPS) is 10.9. The molecule has 0 aliphatic rings. The third kappa shape index (κ3) is 3.92. The number of hydrazone groups is 1. The predicted octanol–water partition coefficient (Wildman–Crippen LogP) is 2.24. The van der Waals surface area contributed by atoms with Crippen molar-refractivity contribution >= 4 is 34.6 Å². The lowest BCUT2D eigenvalue weighted by molar-refractivity contribution is -0.136. The third-order valence-electron chi connectivity index (χ3n) is 2.76. The van der Waals surface area contributed by atoms with Crippen LogP contribution in [0.25, 0.3) is 0 Å². The summed E-state index contributed by atoms with van der Waals surface area (Å²) in [6.07, 6.45) is 0. The lowest BCUT2D eigenvalue weighted by Gasteiger charge is -2.08. The molecule has 7 heteroatoms. The summed E-state index contributed by atoms with van der Waals surface area (Å²) >= 11 is 1.50. The number of rotatable bonds is 4. The van der Waals surface area contributed by atoms with Gasteiger partial charge >= 0.3 is 11.8 Å². The molecule has 0 atom stereocenters. The predicted molar refractivity (Wildman–Crippen MR) is 86.3 cm³/mol. The molecule has 0 spiro atoms. The van der Waals surface area contributed by atoms with Crippen LogP contribution in [0.15, 0.2) is 46.9 Å². The van der Waals surface area contributed by atoms with Gasteiger partial charge in [0.25, 0.3) is 0 Å². The first kappa shape index (κ1) is 15.7. The molecule has 22 heavy (non-hydrogen) atoms. The molecule has 0 saturated carbocycles. The Kier molecular flexibility index (Phi) is 5.26. The molecule has 0 aliphatic carbocycles. The number of hydrogen-bond donors (Lipinski definition) is 2. The first-order chi connectivity index (χ1) is 10.6. The summed E-state index contributed by atoms with van der Waals surface area (Å²) in [5.74, 6) is -1.18. The lowest BCUT2D eigenvalue weighted by Crippen LogP contribution is -2.33. The molecule has 2 rings (SSSR count). The zero-order valence-corrected chi connectivity index (χ0v) is 12.9. The quantitative estimate of drug-likeness (QED) is 0.515. The van der Waals surface area contributed by atoms with Crippen LogP contribution in [0.5, 0.6) is 5.75 Å². The maximum atomic E-state index is 11.8. The van der Waals surface area contributed by atoms with E-state index in [0.717, 1.165) is 4.88 Å². The second-order valence-corrected chi connectivity index (χ2v) is 5.22. The van der Waals surface area contributed by atoms with Gasteiger partial charge in [-0.05, 0) is 30.5 Å². The van der Waals surface area contributed by atoms with Gasteiger partial charge in [-0.25, -0.2) is 5.43 Å². The number of para-hydroxylation sites is 2. The van der Waals surface area contributed by atoms with Crippen molar-refractivity contribution in [1.82, 2.24) is 5.43 Å². The van der Waals surface area contributed by atoms with Crippen molar-refractivity contribution in [3.8, 4) is 5.75 Å². The van der Waals surface area contributed by atoms with Gasteiger partial charge in [-0.2, -0.15) is 5.10 Å². The van der Waals surface area contributed by atoms with E-state index >= 15 is 0 Å². The number of anilines is 1. The molecule has 2 amide bonds. The van der Waals surface area contributed by atoms with Gasteiger partial charge in [-0.3, -0.25) is 9.59 Å². The molecule has 2 aromatic rings. The SMILES string of the molecule is COc1ccccc1NC(=O)C(=O)N/N=C(\C)c1cccs1. The Morgan fingerprint density at radius 1 is 1.14 bits per heavy atom. The largest absolute Gasteiger partial charge is 0.495 e. The summed E-state index contributed by atoms with van der Waals surface area (Å²) in [6, 6.07) is 10.6. The molecular formula is C15H15N3O3S. The van der Waals surface area contributed by atoms with E-state index in [1.807, 2.05) is 17.5 Å². The van der Waals surface area contributed by atoms with Crippen LogP contribution in [-0.2, 0) is 9.59 Å². The Morgan fingerprint density at radius 2 is 1.91 bits per heavy atom. The highest BCUT2D eigenvalue weighted by Crippen LogP contribution is 2.22. The first-order valence-electron chi connectivity index (χ1n) is 6.44. The standard InChI is InChI=1S/C15H15N3O3S/c1-10(13-8-5-9-22-13)17-18-15(20)14(19)16-11-6-3-4-7-12(11)21-2/h3-9H,1-2H3,(H,16,19)(H,18,20)/b17-10+. The lowest BCUT2D eigenvalue weighted by atomic mass is 10.3. The van der Waals surface area contributed by atoms with E-state index < -0.39 is 11.8 Å². The van der Waals surface area contributed by atoms with Gasteiger partial charge in [-0.1, -0.05) is 18.2 Å². The molecular weight excluding hydrogens is 302 g/mol. The summed E-state index contributed by atoms with van der Waals surface area (Å²) in [7, 11) is 1.49. The van der Waals surface area contributed by atoms with Crippen LogP contribution >= 0.6 is 11.3 Å². The highest BCUT2D eigenvalue weighted by molar-refractivity contribution is 7.12. The van der Waals surface area contributed by atoms with Crippen molar-refractivity contribution in [2.75, 3.05) is 12.4 Å². The molecule has 0 unspecified atom stereocenters. The smallest absolute Gasteiger partial charge is 0.329 e. The number of methoxy groups -OCH3 is 1. The number of amides is 2. The molecule has 2 N–H and O–H groups in total. The Bertz CT molecular complexity index is 696. The summed E-state index contributed by atoms with van der Waals surface area (Å²) in [4.78, 5) is 24.5. The highest BCUT2D eigenvalue weighted by Gasteiger charge is 2.15. The Labute approximate surface area is 131 Å². The average molecular weight is 317 g/mol. The zero-order chi connectivity index (χ0) is 15.9. The molecule has 0 aliphatic heterocycles. The summed E-state index contributed by atoms with van der Waals surface area (Å²) in [5.41, 5.74) is 3.28. The summed E-state index contributed by atoms with van der Waals surface area (Å²) < 4.78 is 5.10. The van der Waals surface area contributed by atoms with Crippen molar-refractivity contribution in [3.63, 3.8) is 0 Å². The minimum atomic E-state index is -0.846. The Hall–Kier alpha value is -2.67. The minimum Gasteiger partial charge on any atom is -0.495 e. The van der Waals surface area contributed by atoms with Gasteiger partial charge in [0, 0.05) is 4.88 Å². The number of ether oxygens (including phenoxy) is 1. The molecule has 1 heterocycles. The average Bonchev–Trinajstić information content (AvgIpc) is 3.07. The number of benzene rings is 1. The first-order valence-corrected chi connectivity index (χ1v) is 7.32. The van der Waals surface area contributed by atoms with E-state index in [2.05, 4.69) is 15.8 Å². The van der Waals surface area contributed by atoms with E-state index in [9.17, 15) is 9.59 Å². The van der Waals surface area contributed by atoms with Gasteiger partial charge in [-0.15, -0.1) is 11.3 Å². The van der Waals surface area contributed by atoms with E-state index in [4.69, 9.17) is 4.74 Å². The summed E-state index contributed by atoms with van der Waals surface area (Å²) in [5, 5.41) is 8.29. The molecule has 114 valence electrons. The monoisotopic (exact) mass is 317 g/mol. The van der Waals surface area contributed by atoms with Gasteiger partial charge in [0.15, 0.2) is 0 Å². The number of thiophene rings is 1. The zero-order valence-electron chi connectivity index (χ0n) is 12.1. The number of carbonyl (C=O) groups excluding carboxylic acids is 2. The van der Waals surface area contributed by atoms with Crippen LogP contribution in [0.3, 0.4) is 0 Å². The van der Waals surface area contributed by atoms with Crippen molar-refractivity contribution in [1.29, 1.82) is 0 Å².